The molecule has 0 radical (unpaired) electrons. The van der Waals surface area contributed by atoms with Crippen LogP contribution in [-0.2, 0) is 0 Å². The van der Waals surface area contributed by atoms with E-state index in [0.717, 1.165) is 24.2 Å². The Hall–Kier alpha value is -2.79. The molecule has 27 heavy (non-hydrogen) atoms. The molecule has 1 fully saturated rings. The van der Waals surface area contributed by atoms with Crippen molar-refractivity contribution < 1.29 is 13.9 Å². The van der Waals surface area contributed by atoms with Crippen molar-refractivity contribution in [2.75, 3.05) is 13.1 Å². The van der Waals surface area contributed by atoms with Gasteiger partial charge < -0.3 is 14.1 Å². The molecule has 1 aliphatic heterocycles. The lowest BCUT2D eigenvalue weighted by Crippen LogP contribution is -2.41. The van der Waals surface area contributed by atoms with Crippen LogP contribution in [0.4, 0.5) is 0 Å². The van der Waals surface area contributed by atoms with Gasteiger partial charge in [0.1, 0.15) is 18.1 Å². The van der Waals surface area contributed by atoms with E-state index in [2.05, 4.69) is 4.98 Å². The quantitative estimate of drug-likeness (QED) is 0.657. The van der Waals surface area contributed by atoms with Crippen molar-refractivity contribution >= 4 is 17.5 Å². The molecule has 0 atom stereocenters. The molecule has 0 spiro atoms. The zero-order chi connectivity index (χ0) is 18.6. The van der Waals surface area contributed by atoms with Crippen LogP contribution in [0.1, 0.15) is 23.3 Å². The highest BCUT2D eigenvalue weighted by atomic mass is 35.5. The van der Waals surface area contributed by atoms with Gasteiger partial charge in [0.15, 0.2) is 5.69 Å². The molecule has 0 bridgehead atoms. The average Bonchev–Trinajstić information content (AvgIpc) is 3.21. The van der Waals surface area contributed by atoms with Crippen LogP contribution in [0.3, 0.4) is 0 Å². The summed E-state index contributed by atoms with van der Waals surface area (Å²) in [6.45, 7) is 1.26. The zero-order valence-electron chi connectivity index (χ0n) is 14.7. The topological polar surface area (TPSA) is 55.6 Å². The lowest BCUT2D eigenvalue weighted by Gasteiger charge is -2.31. The second-order valence-corrected chi connectivity index (χ2v) is 6.90. The number of hydrogen-bond acceptors (Lipinski definition) is 4. The number of halogens is 1. The standard InChI is InChI=1S/C21H19ClN2O3/c22-16-6-8-17(9-7-16)27-18-10-12-24(13-11-18)21(25)19-14-26-20(23-19)15-4-2-1-3-5-15/h1-9,14,18H,10-13H2. The maximum Gasteiger partial charge on any atom is 0.275 e. The number of carbonyl (C=O) groups excluding carboxylic acids is 1. The van der Waals surface area contributed by atoms with Gasteiger partial charge >= 0.3 is 0 Å². The third kappa shape index (κ3) is 4.14. The van der Waals surface area contributed by atoms with Crippen LogP contribution in [0.15, 0.2) is 65.3 Å². The molecule has 3 aromatic rings. The summed E-state index contributed by atoms with van der Waals surface area (Å²) in [6.07, 6.45) is 3.07. The Morgan fingerprint density at radius 3 is 2.48 bits per heavy atom. The second kappa shape index (κ2) is 7.84. The van der Waals surface area contributed by atoms with Crippen molar-refractivity contribution in [3.8, 4) is 17.2 Å². The van der Waals surface area contributed by atoms with Crippen molar-refractivity contribution in [2.45, 2.75) is 18.9 Å². The summed E-state index contributed by atoms with van der Waals surface area (Å²) in [5, 5.41) is 0.685. The summed E-state index contributed by atoms with van der Waals surface area (Å²) in [5.74, 6) is 1.15. The SMILES string of the molecule is O=C(c1coc(-c2ccccc2)n1)N1CCC(Oc2ccc(Cl)cc2)CC1. The van der Waals surface area contributed by atoms with Gasteiger partial charge in [-0.3, -0.25) is 4.79 Å². The first kappa shape index (κ1) is 17.6. The summed E-state index contributed by atoms with van der Waals surface area (Å²) in [5.41, 5.74) is 1.19. The number of likely N-dealkylation sites (tertiary alicyclic amines) is 1. The number of carbonyl (C=O) groups is 1. The third-order valence-corrected chi connectivity index (χ3v) is 4.84. The first-order valence-corrected chi connectivity index (χ1v) is 9.29. The first-order chi connectivity index (χ1) is 13.2. The molecule has 0 unspecified atom stereocenters. The monoisotopic (exact) mass is 382 g/mol. The van der Waals surface area contributed by atoms with E-state index in [1.807, 2.05) is 54.6 Å². The highest BCUT2D eigenvalue weighted by Gasteiger charge is 2.26. The van der Waals surface area contributed by atoms with E-state index < -0.39 is 0 Å². The van der Waals surface area contributed by atoms with Gasteiger partial charge in [-0.05, 0) is 36.4 Å². The number of ether oxygens (including phenoxy) is 1. The van der Waals surface area contributed by atoms with Crippen molar-refractivity contribution in [1.29, 1.82) is 0 Å². The normalized spacial score (nSPS) is 14.9. The number of benzene rings is 2. The molecular weight excluding hydrogens is 364 g/mol. The smallest absolute Gasteiger partial charge is 0.275 e. The average molecular weight is 383 g/mol. The molecule has 1 aromatic heterocycles. The maximum absolute atomic E-state index is 12.7. The largest absolute Gasteiger partial charge is 0.490 e. The predicted molar refractivity (Wildman–Crippen MR) is 103 cm³/mol. The molecule has 2 aromatic carbocycles. The molecular formula is C21H19ClN2O3. The minimum atomic E-state index is -0.106. The number of piperidine rings is 1. The second-order valence-electron chi connectivity index (χ2n) is 6.47. The van der Waals surface area contributed by atoms with E-state index >= 15 is 0 Å². The van der Waals surface area contributed by atoms with Crippen LogP contribution in [0, 0.1) is 0 Å². The number of nitrogens with zero attached hydrogens (tertiary/aromatic N) is 2. The van der Waals surface area contributed by atoms with E-state index in [-0.39, 0.29) is 12.0 Å². The molecule has 1 saturated heterocycles. The van der Waals surface area contributed by atoms with Gasteiger partial charge in [-0.25, -0.2) is 4.98 Å². The molecule has 6 heteroatoms. The van der Waals surface area contributed by atoms with Crippen LogP contribution >= 0.6 is 11.6 Å². The minimum Gasteiger partial charge on any atom is -0.490 e. The Morgan fingerprint density at radius 2 is 1.78 bits per heavy atom. The van der Waals surface area contributed by atoms with E-state index in [1.54, 1.807) is 4.90 Å². The fraction of sp³-hybridized carbons (Fsp3) is 0.238. The van der Waals surface area contributed by atoms with E-state index in [1.165, 1.54) is 6.26 Å². The fourth-order valence-electron chi connectivity index (χ4n) is 3.13. The van der Waals surface area contributed by atoms with Crippen molar-refractivity contribution in [3.63, 3.8) is 0 Å². The Kier molecular flexibility index (Phi) is 5.12. The molecule has 4 rings (SSSR count). The number of hydrogen-bond donors (Lipinski definition) is 0. The minimum absolute atomic E-state index is 0.0902. The van der Waals surface area contributed by atoms with Crippen molar-refractivity contribution in [3.05, 3.63) is 71.6 Å². The lowest BCUT2D eigenvalue weighted by atomic mass is 10.1. The van der Waals surface area contributed by atoms with Crippen molar-refractivity contribution in [1.82, 2.24) is 9.88 Å². The third-order valence-electron chi connectivity index (χ3n) is 4.59. The van der Waals surface area contributed by atoms with E-state index in [9.17, 15) is 4.79 Å². The van der Waals surface area contributed by atoms with Gasteiger partial charge in [-0.1, -0.05) is 29.8 Å². The van der Waals surface area contributed by atoms with Crippen LogP contribution in [-0.4, -0.2) is 35.0 Å². The first-order valence-electron chi connectivity index (χ1n) is 8.91. The molecule has 0 aliphatic carbocycles. The maximum atomic E-state index is 12.7. The summed E-state index contributed by atoms with van der Waals surface area (Å²) < 4.78 is 11.5. The molecule has 1 aliphatic rings. The summed E-state index contributed by atoms with van der Waals surface area (Å²) >= 11 is 5.89. The van der Waals surface area contributed by atoms with Gasteiger partial charge in [-0.15, -0.1) is 0 Å². The summed E-state index contributed by atoms with van der Waals surface area (Å²) in [6, 6.07) is 16.9. The van der Waals surface area contributed by atoms with Gasteiger partial charge in [-0.2, -0.15) is 0 Å². The summed E-state index contributed by atoms with van der Waals surface area (Å²) in [4.78, 5) is 18.8. The Bertz CT molecular complexity index is 901. The van der Waals surface area contributed by atoms with Crippen LogP contribution in [0.25, 0.3) is 11.5 Å². The van der Waals surface area contributed by atoms with Crippen LogP contribution in [0.2, 0.25) is 5.02 Å². The highest BCUT2D eigenvalue weighted by molar-refractivity contribution is 6.30. The highest BCUT2D eigenvalue weighted by Crippen LogP contribution is 2.23. The van der Waals surface area contributed by atoms with E-state index in [4.69, 9.17) is 20.8 Å². The van der Waals surface area contributed by atoms with Crippen molar-refractivity contribution in [2.24, 2.45) is 0 Å². The number of oxazole rings is 1. The number of rotatable bonds is 4. The molecule has 1 amide bonds. The lowest BCUT2D eigenvalue weighted by molar-refractivity contribution is 0.0590. The van der Waals surface area contributed by atoms with Gasteiger partial charge in [0.05, 0.1) is 0 Å². The zero-order valence-corrected chi connectivity index (χ0v) is 15.4. The van der Waals surface area contributed by atoms with Gasteiger partial charge in [0.2, 0.25) is 5.89 Å². The van der Waals surface area contributed by atoms with Crippen LogP contribution in [0.5, 0.6) is 5.75 Å². The summed E-state index contributed by atoms with van der Waals surface area (Å²) in [7, 11) is 0. The molecule has 5 nitrogen and oxygen atoms in total. The molecule has 2 heterocycles. The molecule has 138 valence electrons. The van der Waals surface area contributed by atoms with E-state index in [0.29, 0.717) is 29.7 Å². The molecule has 0 saturated carbocycles. The number of amides is 1. The van der Waals surface area contributed by atoms with Crippen LogP contribution < -0.4 is 4.74 Å². The number of aromatic nitrogens is 1. The fourth-order valence-corrected chi connectivity index (χ4v) is 3.26. The molecule has 0 N–H and O–H groups in total. The Balaban J connectivity index is 1.35. The Morgan fingerprint density at radius 1 is 1.07 bits per heavy atom. The van der Waals surface area contributed by atoms with Gasteiger partial charge in [0, 0.05) is 36.5 Å². The van der Waals surface area contributed by atoms with Gasteiger partial charge in [0.25, 0.3) is 5.91 Å². The Labute approximate surface area is 162 Å². The predicted octanol–water partition coefficient (Wildman–Crippen LogP) is 4.68.